The third kappa shape index (κ3) is 2.68. The summed E-state index contributed by atoms with van der Waals surface area (Å²) in [5.74, 6) is -0.645. The van der Waals surface area contributed by atoms with Crippen LogP contribution < -0.4 is 5.73 Å². The van der Waals surface area contributed by atoms with Crippen molar-refractivity contribution in [3.63, 3.8) is 0 Å². The maximum Gasteiger partial charge on any atom is 0.406 e. The van der Waals surface area contributed by atoms with Crippen LogP contribution in [-0.4, -0.2) is 18.2 Å². The minimum Gasteiger partial charge on any atom is -0.387 e. The van der Waals surface area contributed by atoms with Crippen molar-refractivity contribution in [3.05, 3.63) is 35.9 Å². The van der Waals surface area contributed by atoms with Crippen LogP contribution in [-0.2, 0) is 0 Å². The van der Waals surface area contributed by atoms with Gasteiger partial charge in [0.25, 0.3) is 0 Å². The van der Waals surface area contributed by atoms with E-state index in [0.717, 1.165) is 0 Å². The highest BCUT2D eigenvalue weighted by atomic mass is 35.5. The first-order chi connectivity index (χ1) is 9.09. The lowest BCUT2D eigenvalue weighted by Gasteiger charge is -2.37. The van der Waals surface area contributed by atoms with E-state index in [1.54, 1.807) is 0 Å². The number of nitrogens with two attached hydrogens (primary N) is 1. The minimum absolute atomic E-state index is 0. The Bertz CT molecular complexity index is 509. The van der Waals surface area contributed by atoms with Crippen LogP contribution in [0.2, 0.25) is 0 Å². The number of amidine groups is 1. The predicted molar refractivity (Wildman–Crippen MR) is 67.2 cm³/mol. The van der Waals surface area contributed by atoms with Gasteiger partial charge in [0, 0.05) is 6.42 Å². The van der Waals surface area contributed by atoms with Gasteiger partial charge >= 0.3 is 12.4 Å². The molecule has 0 saturated heterocycles. The van der Waals surface area contributed by atoms with E-state index in [4.69, 9.17) is 5.73 Å². The Kier molecular flexibility index (Phi) is 4.53. The van der Waals surface area contributed by atoms with Crippen LogP contribution >= 0.6 is 12.4 Å². The van der Waals surface area contributed by atoms with E-state index in [1.165, 1.54) is 30.3 Å². The lowest BCUT2D eigenvalue weighted by Crippen LogP contribution is -2.52. The van der Waals surface area contributed by atoms with Crippen LogP contribution in [0, 0.1) is 5.41 Å². The SMILES string of the molecule is Cl.NC1=NC(c2ccccc2)C(C(F)(F)F)(C(F)(F)F)C1. The van der Waals surface area contributed by atoms with Crippen LogP contribution in [0.5, 0.6) is 0 Å². The van der Waals surface area contributed by atoms with Crippen molar-refractivity contribution in [1.82, 2.24) is 0 Å². The van der Waals surface area contributed by atoms with Crippen molar-refractivity contribution >= 4 is 18.2 Å². The summed E-state index contributed by atoms with van der Waals surface area (Å²) < 4.78 is 79.0. The first-order valence-electron chi connectivity index (χ1n) is 5.60. The Morgan fingerprint density at radius 1 is 1.00 bits per heavy atom. The molecule has 0 spiro atoms. The van der Waals surface area contributed by atoms with Gasteiger partial charge in [0.1, 0.15) is 6.04 Å². The number of halogens is 7. The molecule has 1 atom stereocenters. The van der Waals surface area contributed by atoms with Crippen molar-refractivity contribution in [2.24, 2.45) is 16.1 Å². The van der Waals surface area contributed by atoms with Crippen LogP contribution in [0.4, 0.5) is 26.3 Å². The number of hydrogen-bond donors (Lipinski definition) is 1. The highest BCUT2D eigenvalue weighted by Gasteiger charge is 2.76. The van der Waals surface area contributed by atoms with Gasteiger partial charge in [-0.2, -0.15) is 26.3 Å². The topological polar surface area (TPSA) is 38.4 Å². The van der Waals surface area contributed by atoms with Gasteiger partial charge in [0.2, 0.25) is 0 Å². The van der Waals surface area contributed by atoms with Gasteiger partial charge in [-0.1, -0.05) is 30.3 Å². The second kappa shape index (κ2) is 5.40. The Morgan fingerprint density at radius 3 is 1.90 bits per heavy atom. The lowest BCUT2D eigenvalue weighted by atomic mass is 9.75. The number of alkyl halides is 6. The van der Waals surface area contributed by atoms with Crippen molar-refractivity contribution < 1.29 is 26.3 Å². The van der Waals surface area contributed by atoms with Crippen LogP contribution in [0.3, 0.4) is 0 Å². The zero-order valence-corrected chi connectivity index (χ0v) is 11.2. The van der Waals surface area contributed by atoms with E-state index >= 15 is 0 Å². The van der Waals surface area contributed by atoms with Crippen molar-refractivity contribution in [2.45, 2.75) is 24.8 Å². The maximum atomic E-state index is 13.2. The Labute approximate surface area is 122 Å². The van der Waals surface area contributed by atoms with Gasteiger partial charge in [-0.05, 0) is 5.56 Å². The van der Waals surface area contributed by atoms with Crippen molar-refractivity contribution in [1.29, 1.82) is 0 Å². The molecule has 1 aromatic rings. The van der Waals surface area contributed by atoms with Gasteiger partial charge in [0.15, 0.2) is 5.41 Å². The fourth-order valence-electron chi connectivity index (χ4n) is 2.37. The van der Waals surface area contributed by atoms with Crippen LogP contribution in [0.1, 0.15) is 18.0 Å². The largest absolute Gasteiger partial charge is 0.406 e. The second-order valence-electron chi connectivity index (χ2n) is 4.58. The molecule has 118 valence electrons. The molecule has 21 heavy (non-hydrogen) atoms. The van der Waals surface area contributed by atoms with Gasteiger partial charge in [-0.3, -0.25) is 4.99 Å². The molecule has 1 aromatic carbocycles. The molecule has 0 fully saturated rings. The van der Waals surface area contributed by atoms with Crippen LogP contribution in [0.25, 0.3) is 0 Å². The van der Waals surface area contributed by atoms with Gasteiger partial charge in [0.05, 0.1) is 5.84 Å². The van der Waals surface area contributed by atoms with Crippen molar-refractivity contribution in [2.75, 3.05) is 0 Å². The lowest BCUT2D eigenvalue weighted by molar-refractivity contribution is -0.343. The summed E-state index contributed by atoms with van der Waals surface area (Å²) in [5.41, 5.74) is 1.05. The highest BCUT2D eigenvalue weighted by Crippen LogP contribution is 2.62. The zero-order chi connectivity index (χ0) is 15.2. The summed E-state index contributed by atoms with van der Waals surface area (Å²) in [6.45, 7) is 0. The summed E-state index contributed by atoms with van der Waals surface area (Å²) in [6.07, 6.45) is -12.4. The number of aliphatic imine (C=N–C) groups is 1. The van der Waals surface area contributed by atoms with Gasteiger partial charge < -0.3 is 5.73 Å². The normalized spacial score (nSPS) is 21.6. The average Bonchev–Trinajstić information content (AvgIpc) is 2.68. The molecule has 0 saturated carbocycles. The standard InChI is InChI=1S/C12H10F6N2.ClH/c13-11(14,15)10(12(16,17)18)6-8(19)20-9(10)7-4-2-1-3-5-7;/h1-5,9H,6H2,(H2,19,20);1H. The molecular weight excluding hydrogens is 322 g/mol. The first kappa shape index (κ1) is 17.6. The van der Waals surface area contributed by atoms with E-state index in [-0.39, 0.29) is 18.0 Å². The molecule has 2 N–H and O–H groups in total. The second-order valence-corrected chi connectivity index (χ2v) is 4.58. The minimum atomic E-state index is -5.50. The summed E-state index contributed by atoms with van der Waals surface area (Å²) in [7, 11) is 0. The van der Waals surface area contributed by atoms with E-state index in [0.29, 0.717) is 0 Å². The molecule has 9 heteroatoms. The Hall–Kier alpha value is -1.44. The number of rotatable bonds is 1. The smallest absolute Gasteiger partial charge is 0.387 e. The van der Waals surface area contributed by atoms with Crippen LogP contribution in [0.15, 0.2) is 35.3 Å². The molecule has 2 nitrogen and oxygen atoms in total. The maximum absolute atomic E-state index is 13.2. The molecule has 0 bridgehead atoms. The summed E-state index contributed by atoms with van der Waals surface area (Å²) in [4.78, 5) is 3.40. The molecule has 1 aliphatic rings. The molecule has 0 amide bonds. The van der Waals surface area contributed by atoms with E-state index < -0.39 is 36.1 Å². The van der Waals surface area contributed by atoms with E-state index in [9.17, 15) is 26.3 Å². The average molecular weight is 333 g/mol. The van der Waals surface area contributed by atoms with E-state index in [1.807, 2.05) is 0 Å². The Morgan fingerprint density at radius 2 is 1.48 bits per heavy atom. The molecular formula is C12H11ClF6N2. The molecule has 1 heterocycles. The van der Waals surface area contributed by atoms with Crippen molar-refractivity contribution in [3.8, 4) is 0 Å². The number of benzene rings is 1. The molecule has 1 unspecified atom stereocenters. The fraction of sp³-hybridized carbons (Fsp3) is 0.417. The summed E-state index contributed by atoms with van der Waals surface area (Å²) in [5, 5.41) is 0. The fourth-order valence-corrected chi connectivity index (χ4v) is 2.37. The monoisotopic (exact) mass is 332 g/mol. The Balaban J connectivity index is 0.00000220. The molecule has 0 aliphatic carbocycles. The first-order valence-corrected chi connectivity index (χ1v) is 5.60. The highest BCUT2D eigenvalue weighted by molar-refractivity contribution is 5.85. The molecule has 1 aliphatic heterocycles. The number of hydrogen-bond acceptors (Lipinski definition) is 2. The van der Waals surface area contributed by atoms with Gasteiger partial charge in [-0.15, -0.1) is 12.4 Å². The summed E-state index contributed by atoms with van der Waals surface area (Å²) >= 11 is 0. The quantitative estimate of drug-likeness (QED) is 0.775. The molecule has 0 radical (unpaired) electrons. The zero-order valence-electron chi connectivity index (χ0n) is 10.4. The van der Waals surface area contributed by atoms with E-state index in [2.05, 4.69) is 4.99 Å². The molecule has 2 rings (SSSR count). The third-order valence-corrected chi connectivity index (χ3v) is 3.35. The third-order valence-electron chi connectivity index (χ3n) is 3.35. The molecule has 0 aromatic heterocycles. The number of nitrogens with zero attached hydrogens (tertiary/aromatic N) is 1. The summed E-state index contributed by atoms with van der Waals surface area (Å²) in [6, 6.07) is 4.46. The predicted octanol–water partition coefficient (Wildman–Crippen LogP) is 4.02. The van der Waals surface area contributed by atoms with Gasteiger partial charge in [-0.25, -0.2) is 0 Å².